The second-order valence-corrected chi connectivity index (χ2v) is 8.55. The molecule has 1 aliphatic rings. The average Bonchev–Trinajstić information content (AvgIpc) is 3.38. The van der Waals surface area contributed by atoms with E-state index in [1.807, 2.05) is 49.4 Å². The van der Waals surface area contributed by atoms with Gasteiger partial charge in [-0.05, 0) is 31.9 Å². The minimum Gasteiger partial charge on any atom is -0.335 e. The Morgan fingerprint density at radius 1 is 1.14 bits per heavy atom. The van der Waals surface area contributed by atoms with E-state index in [9.17, 15) is 4.79 Å². The van der Waals surface area contributed by atoms with Crippen molar-refractivity contribution in [3.8, 4) is 11.3 Å². The fourth-order valence-corrected chi connectivity index (χ4v) is 4.60. The molecule has 0 radical (unpaired) electrons. The van der Waals surface area contributed by atoms with Gasteiger partial charge < -0.3 is 4.90 Å². The van der Waals surface area contributed by atoms with Crippen LogP contribution >= 0.6 is 11.3 Å². The molecule has 0 unspecified atom stereocenters. The summed E-state index contributed by atoms with van der Waals surface area (Å²) < 4.78 is 2.18. The zero-order chi connectivity index (χ0) is 19.8. The highest BCUT2D eigenvalue weighted by Gasteiger charge is 2.32. The largest absolute Gasteiger partial charge is 0.335 e. The lowest BCUT2D eigenvalue weighted by Crippen LogP contribution is -2.35. The first kappa shape index (κ1) is 18.1. The van der Waals surface area contributed by atoms with E-state index in [2.05, 4.69) is 33.0 Å². The van der Waals surface area contributed by atoms with Gasteiger partial charge in [0, 0.05) is 47.4 Å². The number of aromatic nitrogens is 2. The van der Waals surface area contributed by atoms with Crippen molar-refractivity contribution < 1.29 is 4.79 Å². The lowest BCUT2D eigenvalue weighted by atomic mass is 10.1. The maximum Gasteiger partial charge on any atom is 0.254 e. The number of imidazole rings is 1. The third kappa shape index (κ3) is 3.70. The molecule has 1 saturated carbocycles. The van der Waals surface area contributed by atoms with Gasteiger partial charge in [-0.3, -0.25) is 9.20 Å². The number of aryl methyl sites for hydroxylation is 1. The van der Waals surface area contributed by atoms with Gasteiger partial charge >= 0.3 is 0 Å². The number of hydrogen-bond acceptors (Lipinski definition) is 3. The van der Waals surface area contributed by atoms with Crippen LogP contribution in [0.25, 0.3) is 16.2 Å². The van der Waals surface area contributed by atoms with Gasteiger partial charge in [0.05, 0.1) is 5.69 Å². The highest BCUT2D eigenvalue weighted by atomic mass is 32.1. The molecule has 0 N–H and O–H groups in total. The highest BCUT2D eigenvalue weighted by molar-refractivity contribution is 7.15. The molecule has 146 valence electrons. The van der Waals surface area contributed by atoms with Crippen LogP contribution < -0.4 is 0 Å². The Bertz CT molecular complexity index is 1140. The van der Waals surface area contributed by atoms with Gasteiger partial charge in [-0.25, -0.2) is 4.98 Å². The molecule has 0 saturated heterocycles. The van der Waals surface area contributed by atoms with Crippen LogP contribution in [0.4, 0.5) is 0 Å². The average molecular weight is 402 g/mol. The molecular formula is C24H23N3OS. The van der Waals surface area contributed by atoms with E-state index in [4.69, 9.17) is 4.98 Å². The first-order chi connectivity index (χ1) is 14.2. The Balaban J connectivity index is 1.35. The molecule has 4 aromatic rings. The van der Waals surface area contributed by atoms with Gasteiger partial charge in [0.1, 0.15) is 0 Å². The number of thiazole rings is 1. The van der Waals surface area contributed by atoms with Gasteiger partial charge in [0.15, 0.2) is 4.96 Å². The van der Waals surface area contributed by atoms with Gasteiger partial charge in [0.25, 0.3) is 5.91 Å². The molecule has 5 rings (SSSR count). The Hall–Kier alpha value is -2.92. The van der Waals surface area contributed by atoms with Crippen molar-refractivity contribution in [3.05, 3.63) is 83.0 Å². The van der Waals surface area contributed by atoms with Crippen molar-refractivity contribution in [2.24, 2.45) is 0 Å². The molecule has 0 spiro atoms. The minimum atomic E-state index is 0.148. The molecule has 0 bridgehead atoms. The van der Waals surface area contributed by atoms with Crippen molar-refractivity contribution in [2.75, 3.05) is 6.54 Å². The van der Waals surface area contributed by atoms with E-state index in [1.165, 1.54) is 11.3 Å². The summed E-state index contributed by atoms with van der Waals surface area (Å²) in [5.74, 6) is 0.148. The van der Waals surface area contributed by atoms with Gasteiger partial charge in [-0.2, -0.15) is 0 Å². The number of carbonyl (C=O) groups excluding carboxylic acids is 1. The van der Waals surface area contributed by atoms with Crippen LogP contribution in [-0.2, 0) is 6.42 Å². The summed E-state index contributed by atoms with van der Waals surface area (Å²) in [5.41, 5.74) is 5.29. The van der Waals surface area contributed by atoms with Crippen LogP contribution in [0.15, 0.2) is 66.2 Å². The Morgan fingerprint density at radius 2 is 1.90 bits per heavy atom. The molecule has 1 amide bonds. The second kappa shape index (κ2) is 7.48. The first-order valence-electron chi connectivity index (χ1n) is 10.1. The molecule has 0 atom stereocenters. The van der Waals surface area contributed by atoms with Crippen LogP contribution in [0.1, 0.15) is 34.5 Å². The molecule has 4 nitrogen and oxygen atoms in total. The van der Waals surface area contributed by atoms with Crippen molar-refractivity contribution in [1.82, 2.24) is 14.3 Å². The fourth-order valence-electron chi connectivity index (χ4n) is 3.69. The lowest BCUT2D eigenvalue weighted by Gasteiger charge is -2.22. The topological polar surface area (TPSA) is 37.6 Å². The first-order valence-corrected chi connectivity index (χ1v) is 11.0. The van der Waals surface area contributed by atoms with Crippen LogP contribution in [0, 0.1) is 6.92 Å². The number of hydrogen-bond donors (Lipinski definition) is 0. The maximum atomic E-state index is 13.1. The van der Waals surface area contributed by atoms with E-state index in [1.54, 1.807) is 11.3 Å². The number of amides is 1. The summed E-state index contributed by atoms with van der Waals surface area (Å²) >= 11 is 1.66. The molecule has 5 heteroatoms. The van der Waals surface area contributed by atoms with E-state index < -0.39 is 0 Å². The van der Waals surface area contributed by atoms with Crippen molar-refractivity contribution >= 4 is 22.2 Å². The fraction of sp³-hybridized carbons (Fsp3) is 0.250. The molecule has 1 fully saturated rings. The predicted molar refractivity (Wildman–Crippen MR) is 117 cm³/mol. The summed E-state index contributed by atoms with van der Waals surface area (Å²) in [7, 11) is 0. The van der Waals surface area contributed by atoms with Gasteiger partial charge in [0.2, 0.25) is 0 Å². The van der Waals surface area contributed by atoms with Crippen molar-refractivity contribution in [3.63, 3.8) is 0 Å². The normalized spacial score (nSPS) is 13.7. The molecule has 0 aliphatic heterocycles. The smallest absolute Gasteiger partial charge is 0.254 e. The summed E-state index contributed by atoms with van der Waals surface area (Å²) in [4.78, 5) is 20.9. The minimum absolute atomic E-state index is 0.148. The summed E-state index contributed by atoms with van der Waals surface area (Å²) in [6.45, 7) is 2.78. The Labute approximate surface area is 174 Å². The van der Waals surface area contributed by atoms with E-state index >= 15 is 0 Å². The van der Waals surface area contributed by atoms with Gasteiger partial charge in [-0.1, -0.05) is 48.0 Å². The quantitative estimate of drug-likeness (QED) is 0.444. The standard InChI is InChI=1S/C24H23N3OS/c1-17-7-9-19(10-8-17)23(28)26(20-11-12-20)14-13-21-16-29-24-25-22(15-27(21)24)18-5-3-2-4-6-18/h2-10,15-16,20H,11-14H2,1H3. The molecule has 2 heterocycles. The van der Waals surface area contributed by atoms with Gasteiger partial charge in [-0.15, -0.1) is 11.3 Å². The SMILES string of the molecule is Cc1ccc(C(=O)N(CCc2csc3nc(-c4ccccc4)cn23)C2CC2)cc1. The Morgan fingerprint density at radius 3 is 2.62 bits per heavy atom. The zero-order valence-corrected chi connectivity index (χ0v) is 17.2. The Kier molecular flexibility index (Phi) is 4.68. The van der Waals surface area contributed by atoms with Crippen LogP contribution in [-0.4, -0.2) is 32.8 Å². The molecule has 2 aromatic carbocycles. The number of fused-ring (bicyclic) bond motifs is 1. The van der Waals surface area contributed by atoms with Crippen LogP contribution in [0.3, 0.4) is 0 Å². The van der Waals surface area contributed by atoms with Crippen LogP contribution in [0.2, 0.25) is 0 Å². The lowest BCUT2D eigenvalue weighted by molar-refractivity contribution is 0.0744. The summed E-state index contributed by atoms with van der Waals surface area (Å²) in [5, 5.41) is 2.17. The molecular weight excluding hydrogens is 378 g/mol. The maximum absolute atomic E-state index is 13.1. The zero-order valence-electron chi connectivity index (χ0n) is 16.4. The molecule has 29 heavy (non-hydrogen) atoms. The van der Waals surface area contributed by atoms with Crippen molar-refractivity contribution in [1.29, 1.82) is 0 Å². The number of carbonyl (C=O) groups is 1. The monoisotopic (exact) mass is 401 g/mol. The van der Waals surface area contributed by atoms with Crippen LogP contribution in [0.5, 0.6) is 0 Å². The third-order valence-electron chi connectivity index (χ3n) is 5.51. The van der Waals surface area contributed by atoms with E-state index in [0.29, 0.717) is 6.04 Å². The van der Waals surface area contributed by atoms with E-state index in [-0.39, 0.29) is 5.91 Å². The number of benzene rings is 2. The predicted octanol–water partition coefficient (Wildman–Crippen LogP) is 5.22. The third-order valence-corrected chi connectivity index (χ3v) is 6.40. The number of rotatable bonds is 6. The number of nitrogens with zero attached hydrogens (tertiary/aromatic N) is 3. The second-order valence-electron chi connectivity index (χ2n) is 7.72. The van der Waals surface area contributed by atoms with Crippen molar-refractivity contribution in [2.45, 2.75) is 32.2 Å². The van der Waals surface area contributed by atoms with E-state index in [0.717, 1.165) is 47.6 Å². The summed E-state index contributed by atoms with van der Waals surface area (Å²) in [6, 6.07) is 18.6. The molecule has 1 aliphatic carbocycles. The highest BCUT2D eigenvalue weighted by Crippen LogP contribution is 2.29. The molecule has 2 aromatic heterocycles. The summed E-state index contributed by atoms with van der Waals surface area (Å²) in [6.07, 6.45) is 5.16.